The number of halogens is 1. The number of anilines is 3. The first-order valence-electron chi connectivity index (χ1n) is 19.5. The predicted octanol–water partition coefficient (Wildman–Crippen LogP) is 2.78. The molecule has 3 aromatic carbocycles. The number of nitrogens with zero attached hydrogens (tertiary/aromatic N) is 6. The predicted molar refractivity (Wildman–Crippen MR) is 218 cm³/mol. The van der Waals surface area contributed by atoms with Crippen LogP contribution in [0.25, 0.3) is 5.69 Å². The smallest absolute Gasteiger partial charge is 0.414 e. The van der Waals surface area contributed by atoms with E-state index in [2.05, 4.69) is 36.8 Å². The second kappa shape index (κ2) is 18.1. The van der Waals surface area contributed by atoms with Crippen molar-refractivity contribution in [2.75, 3.05) is 41.8 Å². The van der Waals surface area contributed by atoms with Gasteiger partial charge in [0.05, 0.1) is 36.4 Å². The normalized spacial score (nSPS) is 19.9. The summed E-state index contributed by atoms with van der Waals surface area (Å²) >= 11 is 6.17. The Bertz CT molecular complexity index is 2340. The largest absolute Gasteiger partial charge is 0.478 e. The van der Waals surface area contributed by atoms with Crippen LogP contribution in [0.4, 0.5) is 26.7 Å². The number of amides is 6. The number of carbonyl (C=O) groups excluding carboxylic acids is 4. The van der Waals surface area contributed by atoms with E-state index < -0.39 is 53.7 Å². The topological polar surface area (TPSA) is 269 Å². The Kier molecular flexibility index (Phi) is 12.7. The van der Waals surface area contributed by atoms with Gasteiger partial charge in [0.15, 0.2) is 5.79 Å². The van der Waals surface area contributed by atoms with Gasteiger partial charge in [-0.15, -0.1) is 5.10 Å². The van der Waals surface area contributed by atoms with Crippen LogP contribution in [0.1, 0.15) is 37.8 Å². The lowest BCUT2D eigenvalue weighted by molar-refractivity contribution is -0.148. The lowest BCUT2D eigenvalue weighted by Crippen LogP contribution is -2.68. The van der Waals surface area contributed by atoms with Crippen molar-refractivity contribution in [2.24, 2.45) is 0 Å². The van der Waals surface area contributed by atoms with Gasteiger partial charge < -0.3 is 50.6 Å². The molecular formula is C40H43ClN10O11. The highest BCUT2D eigenvalue weighted by molar-refractivity contribution is 6.40. The second-order valence-electron chi connectivity index (χ2n) is 15.3. The number of carboxylic acid groups (broad SMARTS) is 2. The SMILES string of the molecule is CC1(C)OC[C@@H](COC2CCN(C(=O)Nc3ccc(CC(NC(=O)C(=O)Nc4cc(Cl)ccc4-n4cnnn4)C(=O)N[C@@]4(C(=O)O)Cc5ccccc5N4C(=O)O)cc3)CC2)O1. The molecule has 0 aliphatic carbocycles. The number of hydrogen-bond donors (Lipinski definition) is 6. The van der Waals surface area contributed by atoms with Crippen molar-refractivity contribution in [3.8, 4) is 5.69 Å². The molecule has 6 N–H and O–H groups in total. The molecule has 3 aliphatic heterocycles. The van der Waals surface area contributed by atoms with Crippen molar-refractivity contribution in [2.45, 2.75) is 69.2 Å². The highest BCUT2D eigenvalue weighted by Gasteiger charge is 2.55. The molecule has 326 valence electrons. The summed E-state index contributed by atoms with van der Waals surface area (Å²) in [4.78, 5) is 81.9. The minimum atomic E-state index is -2.51. The summed E-state index contributed by atoms with van der Waals surface area (Å²) in [5.74, 6) is -5.96. The Labute approximate surface area is 358 Å². The maximum absolute atomic E-state index is 14.2. The molecule has 22 heteroatoms. The summed E-state index contributed by atoms with van der Waals surface area (Å²) in [6.07, 6.45) is -0.0516. The van der Waals surface area contributed by atoms with Gasteiger partial charge >= 0.3 is 29.9 Å². The number of aromatic nitrogens is 4. The van der Waals surface area contributed by atoms with Crippen LogP contribution in [0.15, 0.2) is 73.1 Å². The van der Waals surface area contributed by atoms with E-state index in [9.17, 15) is 39.0 Å². The Hall–Kier alpha value is -6.68. The number of aliphatic carboxylic acids is 1. The molecule has 4 aromatic rings. The third-order valence-corrected chi connectivity index (χ3v) is 10.8. The third-order valence-electron chi connectivity index (χ3n) is 10.5. The first-order valence-corrected chi connectivity index (χ1v) is 19.9. The van der Waals surface area contributed by atoms with Crippen molar-refractivity contribution in [1.82, 2.24) is 35.7 Å². The molecule has 0 bridgehead atoms. The first-order chi connectivity index (χ1) is 29.6. The molecule has 7 rings (SSSR count). The van der Waals surface area contributed by atoms with Crippen molar-refractivity contribution >= 4 is 64.5 Å². The summed E-state index contributed by atoms with van der Waals surface area (Å²) in [5.41, 5.74) is -0.983. The van der Waals surface area contributed by atoms with Gasteiger partial charge in [-0.2, -0.15) is 4.68 Å². The second-order valence-corrected chi connectivity index (χ2v) is 15.7. The van der Waals surface area contributed by atoms with Crippen LogP contribution in [0.2, 0.25) is 5.02 Å². The summed E-state index contributed by atoms with van der Waals surface area (Å²) in [6.45, 7) is 5.48. The molecule has 2 saturated heterocycles. The summed E-state index contributed by atoms with van der Waals surface area (Å²) in [6, 6.07) is 14.8. The summed E-state index contributed by atoms with van der Waals surface area (Å²) in [7, 11) is 0. The number of rotatable bonds is 12. The van der Waals surface area contributed by atoms with Gasteiger partial charge in [-0.25, -0.2) is 19.3 Å². The number of tetrazole rings is 1. The Morgan fingerprint density at radius 3 is 2.35 bits per heavy atom. The molecule has 3 atom stereocenters. The van der Waals surface area contributed by atoms with Crippen LogP contribution in [0.5, 0.6) is 0 Å². The van der Waals surface area contributed by atoms with Crippen LogP contribution in [0.3, 0.4) is 0 Å². The summed E-state index contributed by atoms with van der Waals surface area (Å²) in [5, 5.41) is 41.8. The fourth-order valence-corrected chi connectivity index (χ4v) is 7.66. The molecule has 1 aromatic heterocycles. The fraction of sp³-hybridized carbons (Fsp3) is 0.375. The van der Waals surface area contributed by atoms with E-state index in [0.717, 1.165) is 0 Å². The van der Waals surface area contributed by atoms with Crippen LogP contribution in [-0.4, -0.2) is 127 Å². The van der Waals surface area contributed by atoms with Crippen molar-refractivity contribution in [3.05, 3.63) is 89.2 Å². The highest BCUT2D eigenvalue weighted by Crippen LogP contribution is 2.38. The number of carboxylic acids is 1. The molecule has 1 unspecified atom stereocenters. The lowest BCUT2D eigenvalue weighted by Gasteiger charge is -2.35. The number of likely N-dealkylation sites (tertiary alicyclic amines) is 1. The van der Waals surface area contributed by atoms with E-state index in [0.29, 0.717) is 60.9 Å². The maximum Gasteiger partial charge on any atom is 0.414 e. The quantitative estimate of drug-likeness (QED) is 0.112. The zero-order valence-corrected chi connectivity index (χ0v) is 34.2. The minimum Gasteiger partial charge on any atom is -0.478 e. The zero-order chi connectivity index (χ0) is 44.2. The number of para-hydroxylation sites is 1. The van der Waals surface area contributed by atoms with E-state index in [1.54, 1.807) is 35.2 Å². The zero-order valence-electron chi connectivity index (χ0n) is 33.4. The van der Waals surface area contributed by atoms with Crippen molar-refractivity contribution < 1.29 is 53.2 Å². The van der Waals surface area contributed by atoms with Gasteiger partial charge in [0.25, 0.3) is 0 Å². The molecule has 0 radical (unpaired) electrons. The van der Waals surface area contributed by atoms with Crippen LogP contribution in [-0.2, 0) is 46.2 Å². The molecule has 4 heterocycles. The van der Waals surface area contributed by atoms with E-state index in [1.165, 1.54) is 47.4 Å². The third kappa shape index (κ3) is 9.76. The number of hydrogen-bond acceptors (Lipinski definition) is 12. The number of fused-ring (bicyclic) bond motifs is 1. The molecule has 0 spiro atoms. The van der Waals surface area contributed by atoms with Crippen molar-refractivity contribution in [1.29, 1.82) is 0 Å². The molecule has 62 heavy (non-hydrogen) atoms. The van der Waals surface area contributed by atoms with Gasteiger partial charge in [0, 0.05) is 36.6 Å². The van der Waals surface area contributed by atoms with Gasteiger partial charge in [0.1, 0.15) is 18.5 Å². The standard InChI is InChI=1S/C40H43ClN10O11/c1-39(2)61-21-28(62-39)20-60-27-13-15-49(16-14-27)37(57)43-26-10-7-23(8-11-26)17-30(33(52)46-40(36(55)56)19-24-5-3-4-6-31(24)51(40)38(58)59)45-35(54)34(53)44-29-18-25(41)9-12-32(29)50-22-42-47-48-50/h3-12,18,22,27-28,30H,13-17,19-21H2,1-2H3,(H,43,57)(H,44,53)(H,45,54)(H,46,52)(H,55,56)(H,58,59)/t28-,30?,40+/m1/s1. The minimum absolute atomic E-state index is 0.0320. The number of carbonyl (C=O) groups is 6. The first kappa shape index (κ1) is 43.4. The number of nitrogens with one attached hydrogen (secondary N) is 4. The number of ether oxygens (including phenoxy) is 3. The number of piperidine rings is 1. The van der Waals surface area contributed by atoms with Crippen molar-refractivity contribution in [3.63, 3.8) is 0 Å². The average Bonchev–Trinajstić information content (AvgIpc) is 3.98. The van der Waals surface area contributed by atoms with Crippen LogP contribution >= 0.6 is 11.6 Å². The summed E-state index contributed by atoms with van der Waals surface area (Å²) < 4.78 is 18.6. The Balaban J connectivity index is 1.04. The van der Waals surface area contributed by atoms with E-state index in [-0.39, 0.29) is 46.7 Å². The molecule has 21 nitrogen and oxygen atoms in total. The van der Waals surface area contributed by atoms with Gasteiger partial charge in [-0.05, 0) is 84.6 Å². The molecule has 0 saturated carbocycles. The van der Waals surface area contributed by atoms with E-state index in [4.69, 9.17) is 25.8 Å². The van der Waals surface area contributed by atoms with E-state index >= 15 is 0 Å². The van der Waals surface area contributed by atoms with E-state index in [1.807, 2.05) is 13.8 Å². The molecule has 2 fully saturated rings. The number of benzene rings is 3. The monoisotopic (exact) mass is 874 g/mol. The lowest BCUT2D eigenvalue weighted by atomic mass is 10.0. The van der Waals surface area contributed by atoms with Gasteiger partial charge in [-0.3, -0.25) is 14.4 Å². The molecule has 3 aliphatic rings. The van der Waals surface area contributed by atoms with Gasteiger partial charge in [-0.1, -0.05) is 41.9 Å². The molecular weight excluding hydrogens is 832 g/mol. The van der Waals surface area contributed by atoms with Crippen LogP contribution in [0, 0.1) is 0 Å². The Morgan fingerprint density at radius 2 is 1.69 bits per heavy atom. The van der Waals surface area contributed by atoms with Gasteiger partial charge in [0.2, 0.25) is 11.6 Å². The average molecular weight is 875 g/mol. The Morgan fingerprint density at radius 1 is 0.952 bits per heavy atom. The fourth-order valence-electron chi connectivity index (χ4n) is 7.49. The maximum atomic E-state index is 14.2. The highest BCUT2D eigenvalue weighted by atomic mass is 35.5. The molecule has 6 amide bonds. The number of urea groups is 1. The van der Waals surface area contributed by atoms with Crippen LogP contribution < -0.4 is 26.2 Å².